The van der Waals surface area contributed by atoms with Crippen LogP contribution in [0.2, 0.25) is 10.2 Å². The Morgan fingerprint density at radius 3 is 2.85 bits per heavy atom. The number of hydrogen-bond acceptors (Lipinski definition) is 4. The van der Waals surface area contributed by atoms with Crippen LogP contribution in [0.5, 0.6) is 0 Å². The molecule has 0 aliphatic carbocycles. The second kappa shape index (κ2) is 4.39. The van der Waals surface area contributed by atoms with Crippen molar-refractivity contribution in [2.75, 3.05) is 6.61 Å². The van der Waals surface area contributed by atoms with Crippen LogP contribution in [0.3, 0.4) is 0 Å². The van der Waals surface area contributed by atoms with Crippen molar-refractivity contribution < 1.29 is 9.53 Å². The number of aromatic nitrogens is 2. The summed E-state index contributed by atoms with van der Waals surface area (Å²) in [6, 6.07) is 0. The Labute approximate surface area is 84.8 Å². The van der Waals surface area contributed by atoms with E-state index in [9.17, 15) is 4.79 Å². The van der Waals surface area contributed by atoms with Gasteiger partial charge >= 0.3 is 5.97 Å². The summed E-state index contributed by atoms with van der Waals surface area (Å²) in [5, 5.41) is 0.0577. The molecule has 0 aromatic carbocycles. The predicted octanol–water partition coefficient (Wildman–Crippen LogP) is 1.96. The Morgan fingerprint density at radius 2 is 2.23 bits per heavy atom. The molecule has 0 bridgehead atoms. The number of ether oxygens (including phenoxy) is 1. The summed E-state index contributed by atoms with van der Waals surface area (Å²) in [6.07, 6.45) is 1.15. The average molecular weight is 221 g/mol. The number of carbonyl (C=O) groups excluding carboxylic acids is 1. The van der Waals surface area contributed by atoms with Gasteiger partial charge in [-0.15, -0.1) is 0 Å². The maximum atomic E-state index is 11.2. The van der Waals surface area contributed by atoms with Gasteiger partial charge in [-0.05, 0) is 6.92 Å². The van der Waals surface area contributed by atoms with Crippen molar-refractivity contribution in [1.29, 1.82) is 0 Å². The molecule has 0 aliphatic heterocycles. The van der Waals surface area contributed by atoms with E-state index in [1.165, 1.54) is 0 Å². The zero-order valence-corrected chi connectivity index (χ0v) is 8.26. The molecule has 4 nitrogen and oxygen atoms in total. The van der Waals surface area contributed by atoms with E-state index in [1.807, 2.05) is 0 Å². The molecule has 0 unspecified atom stereocenters. The largest absolute Gasteiger partial charge is 0.461 e. The van der Waals surface area contributed by atoms with Crippen LogP contribution in [0.4, 0.5) is 0 Å². The molecule has 6 heteroatoms. The third-order valence-corrected chi connectivity index (χ3v) is 1.96. The summed E-state index contributed by atoms with van der Waals surface area (Å²) >= 11 is 11.2. The van der Waals surface area contributed by atoms with Crippen LogP contribution in [0.15, 0.2) is 6.33 Å². The zero-order valence-electron chi connectivity index (χ0n) is 6.75. The highest BCUT2D eigenvalue weighted by molar-refractivity contribution is 6.42. The van der Waals surface area contributed by atoms with Gasteiger partial charge in [-0.3, -0.25) is 0 Å². The van der Waals surface area contributed by atoms with E-state index < -0.39 is 5.97 Å². The van der Waals surface area contributed by atoms with Gasteiger partial charge in [0.1, 0.15) is 11.3 Å². The lowest BCUT2D eigenvalue weighted by Gasteiger charge is -2.02. The maximum absolute atomic E-state index is 11.2. The Balaban J connectivity index is 3.01. The van der Waals surface area contributed by atoms with E-state index in [4.69, 9.17) is 27.9 Å². The highest BCUT2D eigenvalue weighted by Crippen LogP contribution is 2.21. The Morgan fingerprint density at radius 1 is 1.54 bits per heavy atom. The lowest BCUT2D eigenvalue weighted by atomic mass is 10.4. The topological polar surface area (TPSA) is 52.1 Å². The van der Waals surface area contributed by atoms with Gasteiger partial charge in [0, 0.05) is 0 Å². The van der Waals surface area contributed by atoms with Crippen LogP contribution in [0.25, 0.3) is 0 Å². The normalized spacial score (nSPS) is 9.77. The van der Waals surface area contributed by atoms with Gasteiger partial charge in [0.2, 0.25) is 0 Å². The number of hydrogen-bond donors (Lipinski definition) is 0. The van der Waals surface area contributed by atoms with Crippen molar-refractivity contribution in [3.8, 4) is 0 Å². The standard InChI is InChI=1S/C7H6Cl2N2O2/c1-2-13-7(12)5-4(8)6(9)11-3-10-5/h3H,2H2,1H3. The molecule has 0 amide bonds. The minimum atomic E-state index is -0.600. The lowest BCUT2D eigenvalue weighted by molar-refractivity contribution is 0.0519. The fraction of sp³-hybridized carbons (Fsp3) is 0.286. The van der Waals surface area contributed by atoms with E-state index in [1.54, 1.807) is 6.92 Å². The van der Waals surface area contributed by atoms with Crippen molar-refractivity contribution in [2.24, 2.45) is 0 Å². The van der Waals surface area contributed by atoms with Gasteiger partial charge < -0.3 is 4.74 Å². The molecule has 0 saturated heterocycles. The number of rotatable bonds is 2. The molecule has 0 fully saturated rings. The third kappa shape index (κ3) is 2.29. The first kappa shape index (κ1) is 10.2. The van der Waals surface area contributed by atoms with Crippen molar-refractivity contribution in [1.82, 2.24) is 9.97 Å². The molecule has 0 radical (unpaired) electrons. The van der Waals surface area contributed by atoms with Crippen LogP contribution in [0, 0.1) is 0 Å². The highest BCUT2D eigenvalue weighted by Gasteiger charge is 2.15. The smallest absolute Gasteiger partial charge is 0.358 e. The van der Waals surface area contributed by atoms with Crippen LogP contribution in [0.1, 0.15) is 17.4 Å². The van der Waals surface area contributed by atoms with Crippen molar-refractivity contribution >= 4 is 29.2 Å². The fourth-order valence-electron chi connectivity index (χ4n) is 0.690. The van der Waals surface area contributed by atoms with E-state index in [0.29, 0.717) is 0 Å². The van der Waals surface area contributed by atoms with E-state index in [-0.39, 0.29) is 22.5 Å². The van der Waals surface area contributed by atoms with E-state index in [2.05, 4.69) is 9.97 Å². The Kier molecular flexibility index (Phi) is 3.45. The Bertz CT molecular complexity index is 330. The molecule has 70 valence electrons. The summed E-state index contributed by atoms with van der Waals surface area (Å²) in [5.41, 5.74) is -0.0106. The van der Waals surface area contributed by atoms with Crippen LogP contribution >= 0.6 is 23.2 Å². The monoisotopic (exact) mass is 220 g/mol. The summed E-state index contributed by atoms with van der Waals surface area (Å²) < 4.78 is 4.69. The summed E-state index contributed by atoms with van der Waals surface area (Å²) in [7, 11) is 0. The van der Waals surface area contributed by atoms with Gasteiger partial charge in [0.05, 0.1) is 6.61 Å². The molecule has 0 atom stereocenters. The average Bonchev–Trinajstić information content (AvgIpc) is 2.10. The Hall–Kier alpha value is -0.870. The fourth-order valence-corrected chi connectivity index (χ4v) is 0.998. The number of halogens is 2. The number of esters is 1. The highest BCUT2D eigenvalue weighted by atomic mass is 35.5. The van der Waals surface area contributed by atoms with Crippen LogP contribution in [-0.2, 0) is 4.74 Å². The van der Waals surface area contributed by atoms with Gasteiger partial charge in [-0.25, -0.2) is 14.8 Å². The molecular weight excluding hydrogens is 215 g/mol. The lowest BCUT2D eigenvalue weighted by Crippen LogP contribution is -2.08. The zero-order chi connectivity index (χ0) is 9.84. The van der Waals surface area contributed by atoms with Crippen molar-refractivity contribution in [3.63, 3.8) is 0 Å². The van der Waals surface area contributed by atoms with Gasteiger partial charge in [-0.2, -0.15) is 0 Å². The molecule has 13 heavy (non-hydrogen) atoms. The first-order chi connectivity index (χ1) is 6.16. The molecule has 0 saturated carbocycles. The molecule has 0 spiro atoms. The van der Waals surface area contributed by atoms with E-state index in [0.717, 1.165) is 6.33 Å². The summed E-state index contributed by atoms with van der Waals surface area (Å²) in [5.74, 6) is -0.600. The third-order valence-electron chi connectivity index (χ3n) is 1.22. The predicted molar refractivity (Wildman–Crippen MR) is 48.0 cm³/mol. The molecule has 1 aromatic heterocycles. The molecule has 0 aliphatic rings. The number of carbonyl (C=O) groups is 1. The van der Waals surface area contributed by atoms with Crippen LogP contribution < -0.4 is 0 Å². The minimum Gasteiger partial charge on any atom is -0.461 e. The van der Waals surface area contributed by atoms with Crippen LogP contribution in [-0.4, -0.2) is 22.5 Å². The first-order valence-corrected chi connectivity index (χ1v) is 4.25. The van der Waals surface area contributed by atoms with Crippen molar-refractivity contribution in [3.05, 3.63) is 22.2 Å². The second-order valence-corrected chi connectivity index (χ2v) is 2.78. The van der Waals surface area contributed by atoms with E-state index >= 15 is 0 Å². The number of nitrogens with zero attached hydrogens (tertiary/aromatic N) is 2. The molecule has 0 N–H and O–H groups in total. The SMILES string of the molecule is CCOC(=O)c1ncnc(Cl)c1Cl. The van der Waals surface area contributed by atoms with Gasteiger partial charge in [-0.1, -0.05) is 23.2 Å². The summed E-state index contributed by atoms with van der Waals surface area (Å²) in [6.45, 7) is 1.95. The van der Waals surface area contributed by atoms with Gasteiger partial charge in [0.25, 0.3) is 0 Å². The molecular formula is C7H6Cl2N2O2. The summed E-state index contributed by atoms with van der Waals surface area (Å²) in [4.78, 5) is 18.4. The maximum Gasteiger partial charge on any atom is 0.358 e. The minimum absolute atomic E-state index is 0.0106. The first-order valence-electron chi connectivity index (χ1n) is 3.50. The molecule has 1 heterocycles. The van der Waals surface area contributed by atoms with Gasteiger partial charge in [0.15, 0.2) is 10.8 Å². The molecule has 1 rings (SSSR count). The quantitative estimate of drug-likeness (QED) is 0.565. The second-order valence-electron chi connectivity index (χ2n) is 2.05. The van der Waals surface area contributed by atoms with Crippen molar-refractivity contribution in [2.45, 2.75) is 6.92 Å². The molecule has 1 aromatic rings.